The highest BCUT2D eigenvalue weighted by Crippen LogP contribution is 2.05. The second-order valence-corrected chi connectivity index (χ2v) is 3.31. The molecule has 0 amide bonds. The van der Waals surface area contributed by atoms with Gasteiger partial charge in [0, 0.05) is 19.8 Å². The second kappa shape index (κ2) is 5.92. The zero-order chi connectivity index (χ0) is 12.0. The largest absolute Gasteiger partial charge is 0.370 e. The number of nitrogens with one attached hydrogen (secondary N) is 2. The third kappa shape index (κ3) is 4.14. The SMILES string of the molecule is CN/C(=C/[N+](=O)[O-])NCc1ccc(Cl)nc1. The molecule has 16 heavy (non-hydrogen) atoms. The molecule has 0 aliphatic carbocycles. The fourth-order valence-corrected chi connectivity index (χ4v) is 1.12. The third-order valence-corrected chi connectivity index (χ3v) is 2.00. The molecule has 0 aliphatic rings. The van der Waals surface area contributed by atoms with Gasteiger partial charge in [-0.3, -0.25) is 10.1 Å². The summed E-state index contributed by atoms with van der Waals surface area (Å²) in [5.74, 6) is 0.333. The van der Waals surface area contributed by atoms with Crippen molar-refractivity contribution in [1.82, 2.24) is 15.6 Å². The predicted molar refractivity (Wildman–Crippen MR) is 60.2 cm³/mol. The summed E-state index contributed by atoms with van der Waals surface area (Å²) in [6.45, 7) is 0.435. The second-order valence-electron chi connectivity index (χ2n) is 2.92. The van der Waals surface area contributed by atoms with E-state index in [-0.39, 0.29) is 0 Å². The van der Waals surface area contributed by atoms with Gasteiger partial charge in [-0.1, -0.05) is 17.7 Å². The van der Waals surface area contributed by atoms with Gasteiger partial charge in [0.25, 0.3) is 6.20 Å². The Morgan fingerprint density at radius 3 is 2.94 bits per heavy atom. The van der Waals surface area contributed by atoms with Crippen LogP contribution in [-0.2, 0) is 6.54 Å². The van der Waals surface area contributed by atoms with Crippen LogP contribution in [0.4, 0.5) is 0 Å². The van der Waals surface area contributed by atoms with Gasteiger partial charge in [-0.2, -0.15) is 0 Å². The van der Waals surface area contributed by atoms with E-state index in [2.05, 4.69) is 15.6 Å². The minimum Gasteiger partial charge on any atom is -0.370 e. The number of nitrogens with zero attached hydrogens (tertiary/aromatic N) is 2. The van der Waals surface area contributed by atoms with Crippen molar-refractivity contribution in [2.24, 2.45) is 0 Å². The highest BCUT2D eigenvalue weighted by atomic mass is 35.5. The number of halogens is 1. The Morgan fingerprint density at radius 1 is 1.69 bits per heavy atom. The normalized spacial score (nSPS) is 11.0. The highest BCUT2D eigenvalue weighted by Gasteiger charge is 2.00. The van der Waals surface area contributed by atoms with E-state index in [0.29, 0.717) is 17.5 Å². The van der Waals surface area contributed by atoms with Crippen LogP contribution in [0.2, 0.25) is 5.15 Å². The van der Waals surface area contributed by atoms with Crippen molar-refractivity contribution in [3.63, 3.8) is 0 Å². The number of rotatable bonds is 5. The molecule has 0 aliphatic heterocycles. The molecule has 0 bridgehead atoms. The van der Waals surface area contributed by atoms with Gasteiger partial charge in [-0.15, -0.1) is 0 Å². The van der Waals surface area contributed by atoms with Crippen LogP contribution in [0, 0.1) is 10.1 Å². The molecule has 0 saturated carbocycles. The van der Waals surface area contributed by atoms with Crippen molar-refractivity contribution in [3.05, 3.63) is 51.2 Å². The van der Waals surface area contributed by atoms with Crippen molar-refractivity contribution in [3.8, 4) is 0 Å². The van der Waals surface area contributed by atoms with Crippen LogP contribution in [0.25, 0.3) is 0 Å². The van der Waals surface area contributed by atoms with Crippen LogP contribution in [0.15, 0.2) is 30.4 Å². The lowest BCUT2D eigenvalue weighted by Crippen LogP contribution is -2.24. The van der Waals surface area contributed by atoms with Crippen LogP contribution in [0.1, 0.15) is 5.56 Å². The highest BCUT2D eigenvalue weighted by molar-refractivity contribution is 6.29. The van der Waals surface area contributed by atoms with Gasteiger partial charge in [0.15, 0.2) is 5.82 Å². The van der Waals surface area contributed by atoms with E-state index in [4.69, 9.17) is 11.6 Å². The lowest BCUT2D eigenvalue weighted by atomic mass is 10.3. The molecular weight excluding hydrogens is 232 g/mol. The van der Waals surface area contributed by atoms with Crippen molar-refractivity contribution < 1.29 is 4.92 Å². The molecule has 1 heterocycles. The minimum atomic E-state index is -0.529. The number of aromatic nitrogens is 1. The van der Waals surface area contributed by atoms with E-state index >= 15 is 0 Å². The Bertz CT molecular complexity index is 391. The molecule has 2 N–H and O–H groups in total. The molecule has 1 aromatic heterocycles. The Kier molecular flexibility index (Phi) is 4.53. The molecule has 7 heteroatoms. The summed E-state index contributed by atoms with van der Waals surface area (Å²) in [6.07, 6.45) is 2.47. The maximum Gasteiger partial charge on any atom is 0.274 e. The van der Waals surface area contributed by atoms with Gasteiger partial charge < -0.3 is 10.6 Å². The van der Waals surface area contributed by atoms with E-state index < -0.39 is 4.92 Å². The first-order valence-corrected chi connectivity index (χ1v) is 4.87. The van der Waals surface area contributed by atoms with E-state index in [0.717, 1.165) is 11.8 Å². The molecule has 1 rings (SSSR count). The van der Waals surface area contributed by atoms with Crippen molar-refractivity contribution in [2.45, 2.75) is 6.54 Å². The van der Waals surface area contributed by atoms with Gasteiger partial charge in [0.2, 0.25) is 0 Å². The van der Waals surface area contributed by atoms with E-state index in [1.54, 1.807) is 25.4 Å². The molecule has 1 aromatic rings. The van der Waals surface area contributed by atoms with Crippen molar-refractivity contribution >= 4 is 11.6 Å². The summed E-state index contributed by atoms with van der Waals surface area (Å²) >= 11 is 5.63. The zero-order valence-corrected chi connectivity index (χ0v) is 9.36. The number of nitro groups is 1. The monoisotopic (exact) mass is 242 g/mol. The van der Waals surface area contributed by atoms with Gasteiger partial charge in [0.1, 0.15) is 5.15 Å². The molecule has 0 aromatic carbocycles. The maximum absolute atomic E-state index is 10.2. The van der Waals surface area contributed by atoms with E-state index in [1.165, 1.54) is 0 Å². The van der Waals surface area contributed by atoms with Crippen LogP contribution in [0.3, 0.4) is 0 Å². The minimum absolute atomic E-state index is 0.333. The summed E-state index contributed by atoms with van der Waals surface area (Å²) in [4.78, 5) is 13.6. The molecular formula is C9H11ClN4O2. The smallest absolute Gasteiger partial charge is 0.274 e. The first-order chi connectivity index (χ1) is 7.61. The molecule has 0 atom stereocenters. The summed E-state index contributed by atoms with van der Waals surface area (Å²) in [6, 6.07) is 3.45. The summed E-state index contributed by atoms with van der Waals surface area (Å²) in [5, 5.41) is 16.2. The summed E-state index contributed by atoms with van der Waals surface area (Å²) < 4.78 is 0. The molecule has 0 spiro atoms. The van der Waals surface area contributed by atoms with Crippen LogP contribution >= 0.6 is 11.6 Å². The Hall–Kier alpha value is -1.82. The molecule has 0 fully saturated rings. The zero-order valence-electron chi connectivity index (χ0n) is 8.61. The quantitative estimate of drug-likeness (QED) is 0.460. The maximum atomic E-state index is 10.2. The average Bonchev–Trinajstić information content (AvgIpc) is 2.26. The Morgan fingerprint density at radius 2 is 2.44 bits per heavy atom. The topological polar surface area (TPSA) is 80.1 Å². The van der Waals surface area contributed by atoms with Crippen LogP contribution < -0.4 is 10.6 Å². The first kappa shape index (κ1) is 12.3. The van der Waals surface area contributed by atoms with E-state index in [1.807, 2.05) is 0 Å². The van der Waals surface area contributed by atoms with Crippen molar-refractivity contribution in [2.75, 3.05) is 7.05 Å². The molecule has 6 nitrogen and oxygen atoms in total. The van der Waals surface area contributed by atoms with Crippen molar-refractivity contribution in [1.29, 1.82) is 0 Å². The molecule has 0 unspecified atom stereocenters. The molecule has 86 valence electrons. The van der Waals surface area contributed by atoms with Gasteiger partial charge in [-0.05, 0) is 11.6 Å². The first-order valence-electron chi connectivity index (χ1n) is 4.49. The van der Waals surface area contributed by atoms with Gasteiger partial charge >= 0.3 is 0 Å². The lowest BCUT2D eigenvalue weighted by molar-refractivity contribution is -0.404. The van der Waals surface area contributed by atoms with Gasteiger partial charge in [-0.25, -0.2) is 4.98 Å². The fourth-order valence-electron chi connectivity index (χ4n) is 1.01. The lowest BCUT2D eigenvalue weighted by Gasteiger charge is -2.07. The number of pyridine rings is 1. The summed E-state index contributed by atoms with van der Waals surface area (Å²) in [7, 11) is 1.60. The predicted octanol–water partition coefficient (Wildman–Crippen LogP) is 1.12. The third-order valence-electron chi connectivity index (χ3n) is 1.78. The number of hydrogen-bond acceptors (Lipinski definition) is 5. The Labute approximate surface area is 97.5 Å². The van der Waals surface area contributed by atoms with E-state index in [9.17, 15) is 10.1 Å². The van der Waals surface area contributed by atoms with Gasteiger partial charge in [0.05, 0.1) is 4.92 Å². The summed E-state index contributed by atoms with van der Waals surface area (Å²) in [5.41, 5.74) is 0.883. The molecule has 0 radical (unpaired) electrons. The fraction of sp³-hybridized carbons (Fsp3) is 0.222. The average molecular weight is 243 g/mol. The van der Waals surface area contributed by atoms with Crippen LogP contribution in [0.5, 0.6) is 0 Å². The van der Waals surface area contributed by atoms with Crippen LogP contribution in [-0.4, -0.2) is 17.0 Å². The standard InChI is InChI=1S/C9H11ClN4O2/c1-11-9(6-14(15)16)13-5-7-2-3-8(10)12-4-7/h2-4,6,11,13H,5H2,1H3/b9-6-. The number of hydrogen-bond donors (Lipinski definition) is 2. The Balaban J connectivity index is 2.56. The molecule has 0 saturated heterocycles.